The predicted octanol–water partition coefficient (Wildman–Crippen LogP) is 4.20. The smallest absolute Gasteiger partial charge is 0.310 e. The fourth-order valence-electron chi connectivity index (χ4n) is 3.11. The number of hydrogen-bond acceptors (Lipinski definition) is 6. The lowest BCUT2D eigenvalue weighted by atomic mass is 10.1. The average Bonchev–Trinajstić information content (AvgIpc) is 2.81. The summed E-state index contributed by atoms with van der Waals surface area (Å²) in [6.45, 7) is 1.52. The van der Waals surface area contributed by atoms with Gasteiger partial charge in [-0.2, -0.15) is 5.26 Å². The molecule has 1 N–H and O–H groups in total. The third-order valence-corrected chi connectivity index (χ3v) is 5.71. The van der Waals surface area contributed by atoms with Crippen LogP contribution in [-0.2, 0) is 17.6 Å². The Morgan fingerprint density at radius 1 is 1.33 bits per heavy atom. The van der Waals surface area contributed by atoms with Gasteiger partial charge in [0, 0.05) is 10.9 Å². The predicted molar refractivity (Wildman–Crippen MR) is 102 cm³/mol. The standard InChI is InChI=1S/C19H19N3O4S/c1-12(26-16-9-6-5-8-15(16)22(24)25)18(23)21-19-14(11-20)13-7-3-2-4-10-17(13)27-19/h5-6,8-9,12H,2-4,7,10H2,1H3,(H,21,23). The van der Waals surface area contributed by atoms with E-state index < -0.39 is 16.9 Å². The minimum atomic E-state index is -0.945. The monoisotopic (exact) mass is 385 g/mol. The number of carbonyl (C=O) groups excluding carboxylic acids is 1. The average molecular weight is 385 g/mol. The van der Waals surface area contributed by atoms with Crippen LogP contribution in [0.15, 0.2) is 24.3 Å². The molecule has 1 heterocycles. The van der Waals surface area contributed by atoms with Crippen LogP contribution >= 0.6 is 11.3 Å². The summed E-state index contributed by atoms with van der Waals surface area (Å²) in [7, 11) is 0. The van der Waals surface area contributed by atoms with Crippen LogP contribution < -0.4 is 10.1 Å². The molecule has 1 atom stereocenters. The Kier molecular flexibility index (Phi) is 5.72. The van der Waals surface area contributed by atoms with E-state index in [1.807, 2.05) is 0 Å². The molecule has 0 spiro atoms. The van der Waals surface area contributed by atoms with Gasteiger partial charge in [0.2, 0.25) is 0 Å². The number of ether oxygens (including phenoxy) is 1. The number of para-hydroxylation sites is 2. The number of nitrogens with one attached hydrogen (secondary N) is 1. The lowest BCUT2D eigenvalue weighted by Gasteiger charge is -2.14. The van der Waals surface area contributed by atoms with Crippen molar-refractivity contribution in [1.82, 2.24) is 0 Å². The van der Waals surface area contributed by atoms with Gasteiger partial charge >= 0.3 is 5.69 Å². The number of amides is 1. The first kappa shape index (κ1) is 18.9. The molecule has 0 saturated carbocycles. The molecule has 1 unspecified atom stereocenters. The van der Waals surface area contributed by atoms with Crippen molar-refractivity contribution >= 4 is 27.9 Å². The summed E-state index contributed by atoms with van der Waals surface area (Å²) >= 11 is 1.44. The van der Waals surface area contributed by atoms with E-state index in [4.69, 9.17) is 4.74 Å². The lowest BCUT2D eigenvalue weighted by Crippen LogP contribution is -2.30. The van der Waals surface area contributed by atoms with Gasteiger partial charge < -0.3 is 10.1 Å². The minimum absolute atomic E-state index is 0.0348. The molecular weight excluding hydrogens is 366 g/mol. The first-order chi connectivity index (χ1) is 13.0. The van der Waals surface area contributed by atoms with E-state index in [1.165, 1.54) is 36.5 Å². The lowest BCUT2D eigenvalue weighted by molar-refractivity contribution is -0.386. The van der Waals surface area contributed by atoms with Crippen LogP contribution in [0.1, 0.15) is 42.2 Å². The molecule has 2 aromatic rings. The van der Waals surface area contributed by atoms with Crippen LogP contribution in [0, 0.1) is 21.4 Å². The second-order valence-electron chi connectivity index (χ2n) is 6.35. The highest BCUT2D eigenvalue weighted by Gasteiger charge is 2.25. The van der Waals surface area contributed by atoms with Crippen molar-refractivity contribution in [2.45, 2.75) is 45.1 Å². The molecule has 3 rings (SSSR count). The van der Waals surface area contributed by atoms with Gasteiger partial charge in [-0.05, 0) is 44.2 Å². The zero-order valence-corrected chi connectivity index (χ0v) is 15.7. The number of rotatable bonds is 5. The zero-order chi connectivity index (χ0) is 19.4. The van der Waals surface area contributed by atoms with Crippen molar-refractivity contribution < 1.29 is 14.5 Å². The molecule has 0 bridgehead atoms. The van der Waals surface area contributed by atoms with Gasteiger partial charge in [0.15, 0.2) is 11.9 Å². The van der Waals surface area contributed by atoms with Crippen LogP contribution in [0.25, 0.3) is 0 Å². The second-order valence-corrected chi connectivity index (χ2v) is 7.46. The molecule has 27 heavy (non-hydrogen) atoms. The third kappa shape index (κ3) is 4.09. The Balaban J connectivity index is 1.76. The number of nitrogens with zero attached hydrogens (tertiary/aromatic N) is 2. The highest BCUT2D eigenvalue weighted by molar-refractivity contribution is 7.16. The molecular formula is C19H19N3O4S. The Labute approximate surface area is 160 Å². The van der Waals surface area contributed by atoms with Crippen molar-refractivity contribution in [2.24, 2.45) is 0 Å². The van der Waals surface area contributed by atoms with Gasteiger partial charge in [-0.3, -0.25) is 14.9 Å². The Morgan fingerprint density at radius 2 is 2.07 bits per heavy atom. The Morgan fingerprint density at radius 3 is 2.81 bits per heavy atom. The SMILES string of the molecule is CC(Oc1ccccc1[N+](=O)[O-])C(=O)Nc1sc2c(c1C#N)CCCCC2. The second kappa shape index (κ2) is 8.18. The maximum absolute atomic E-state index is 12.5. The number of hydrogen-bond donors (Lipinski definition) is 1. The van der Waals surface area contributed by atoms with Gasteiger partial charge in [-0.1, -0.05) is 18.6 Å². The fraction of sp³-hybridized carbons (Fsp3) is 0.368. The molecule has 1 aromatic carbocycles. The molecule has 1 aliphatic rings. The number of nitro benzene ring substituents is 1. The summed E-state index contributed by atoms with van der Waals surface area (Å²) in [6, 6.07) is 8.14. The van der Waals surface area contributed by atoms with Crippen molar-refractivity contribution in [2.75, 3.05) is 5.32 Å². The van der Waals surface area contributed by atoms with Gasteiger partial charge in [0.1, 0.15) is 11.1 Å². The van der Waals surface area contributed by atoms with Crippen LogP contribution in [-0.4, -0.2) is 16.9 Å². The molecule has 140 valence electrons. The van der Waals surface area contributed by atoms with E-state index in [2.05, 4.69) is 11.4 Å². The van der Waals surface area contributed by atoms with Crippen LogP contribution in [0.4, 0.5) is 10.7 Å². The zero-order valence-electron chi connectivity index (χ0n) is 14.9. The number of nitriles is 1. The largest absolute Gasteiger partial charge is 0.474 e. The number of fused-ring (bicyclic) bond motifs is 1. The first-order valence-corrected chi connectivity index (χ1v) is 9.58. The minimum Gasteiger partial charge on any atom is -0.474 e. The molecule has 0 fully saturated rings. The van der Waals surface area contributed by atoms with Gasteiger partial charge in [0.05, 0.1) is 10.5 Å². The fourth-order valence-corrected chi connectivity index (χ4v) is 4.36. The summed E-state index contributed by atoms with van der Waals surface area (Å²) in [5, 5.41) is 23.9. The third-order valence-electron chi connectivity index (χ3n) is 4.50. The molecule has 7 nitrogen and oxygen atoms in total. The van der Waals surface area contributed by atoms with Crippen molar-refractivity contribution in [1.29, 1.82) is 5.26 Å². The summed E-state index contributed by atoms with van der Waals surface area (Å²) in [5.41, 5.74) is 1.38. The van der Waals surface area contributed by atoms with Crippen molar-refractivity contribution in [3.05, 3.63) is 50.4 Å². The Hall–Kier alpha value is -2.92. The van der Waals surface area contributed by atoms with E-state index in [1.54, 1.807) is 6.07 Å². The molecule has 0 saturated heterocycles. The quantitative estimate of drug-likeness (QED) is 0.472. The van der Waals surface area contributed by atoms with E-state index >= 15 is 0 Å². The normalized spacial score (nSPS) is 14.4. The van der Waals surface area contributed by atoms with E-state index in [0.717, 1.165) is 42.5 Å². The number of nitro groups is 1. The molecule has 1 aromatic heterocycles. The summed E-state index contributed by atoms with van der Waals surface area (Å²) in [6.07, 6.45) is 4.11. The van der Waals surface area contributed by atoms with E-state index in [9.17, 15) is 20.2 Å². The van der Waals surface area contributed by atoms with Crippen LogP contribution in [0.5, 0.6) is 5.75 Å². The molecule has 0 radical (unpaired) electrons. The van der Waals surface area contributed by atoms with Gasteiger partial charge in [-0.25, -0.2) is 0 Å². The number of thiophene rings is 1. The number of aryl methyl sites for hydroxylation is 1. The maximum Gasteiger partial charge on any atom is 0.310 e. The highest BCUT2D eigenvalue weighted by atomic mass is 32.1. The molecule has 1 aliphatic carbocycles. The van der Waals surface area contributed by atoms with E-state index in [-0.39, 0.29) is 11.4 Å². The molecule has 0 aliphatic heterocycles. The van der Waals surface area contributed by atoms with Gasteiger partial charge in [-0.15, -0.1) is 11.3 Å². The number of anilines is 1. The topological polar surface area (TPSA) is 105 Å². The maximum atomic E-state index is 12.5. The van der Waals surface area contributed by atoms with E-state index in [0.29, 0.717) is 10.6 Å². The first-order valence-electron chi connectivity index (χ1n) is 8.77. The number of carbonyl (C=O) groups is 1. The summed E-state index contributed by atoms with van der Waals surface area (Å²) in [5.74, 6) is -0.409. The number of benzene rings is 1. The summed E-state index contributed by atoms with van der Waals surface area (Å²) in [4.78, 5) is 24.2. The summed E-state index contributed by atoms with van der Waals surface area (Å²) < 4.78 is 5.50. The molecule has 1 amide bonds. The highest BCUT2D eigenvalue weighted by Crippen LogP contribution is 2.37. The van der Waals surface area contributed by atoms with Crippen LogP contribution in [0.2, 0.25) is 0 Å². The van der Waals surface area contributed by atoms with Gasteiger partial charge in [0.25, 0.3) is 5.91 Å². The van der Waals surface area contributed by atoms with Crippen LogP contribution in [0.3, 0.4) is 0 Å². The molecule has 8 heteroatoms. The Bertz CT molecular complexity index is 916. The van der Waals surface area contributed by atoms with Crippen molar-refractivity contribution in [3.8, 4) is 11.8 Å². The van der Waals surface area contributed by atoms with Crippen molar-refractivity contribution in [3.63, 3.8) is 0 Å².